The number of furan rings is 1. The van der Waals surface area contributed by atoms with Gasteiger partial charge in [0, 0.05) is 37.4 Å². The molecule has 2 aromatic rings. The summed E-state index contributed by atoms with van der Waals surface area (Å²) in [6, 6.07) is 4.17. The van der Waals surface area contributed by atoms with Crippen molar-refractivity contribution in [1.29, 1.82) is 0 Å². The predicted molar refractivity (Wildman–Crippen MR) is 98.6 cm³/mol. The first kappa shape index (κ1) is 16.6. The second kappa shape index (κ2) is 6.79. The van der Waals surface area contributed by atoms with Gasteiger partial charge in [0.25, 0.3) is 0 Å². The van der Waals surface area contributed by atoms with Gasteiger partial charge in [-0.3, -0.25) is 4.90 Å². The Kier molecular flexibility index (Phi) is 4.50. The molecule has 0 aromatic carbocycles. The monoisotopic (exact) mass is 340 g/mol. The lowest BCUT2D eigenvalue weighted by Crippen LogP contribution is -2.44. The maximum Gasteiger partial charge on any atom is 0.225 e. The van der Waals surface area contributed by atoms with Gasteiger partial charge in [-0.25, -0.2) is 9.97 Å². The second-order valence-electron chi connectivity index (χ2n) is 7.74. The van der Waals surface area contributed by atoms with E-state index in [1.165, 1.54) is 31.4 Å². The number of likely N-dealkylation sites (tertiary alicyclic amines) is 1. The van der Waals surface area contributed by atoms with Crippen molar-refractivity contribution in [3.8, 4) is 0 Å². The molecule has 2 aromatic heterocycles. The molecule has 0 aliphatic carbocycles. The van der Waals surface area contributed by atoms with Gasteiger partial charge < -0.3 is 9.32 Å². The van der Waals surface area contributed by atoms with Crippen molar-refractivity contribution in [2.75, 3.05) is 31.1 Å². The van der Waals surface area contributed by atoms with Crippen LogP contribution in [0.25, 0.3) is 0 Å². The first-order valence-corrected chi connectivity index (χ1v) is 9.49. The second-order valence-corrected chi connectivity index (χ2v) is 7.74. The molecule has 0 bridgehead atoms. The molecular weight excluding hydrogens is 312 g/mol. The number of nitrogens with zero attached hydrogens (tertiary/aromatic N) is 4. The number of aryl methyl sites for hydroxylation is 2. The Balaban J connectivity index is 1.41. The van der Waals surface area contributed by atoms with Crippen molar-refractivity contribution in [3.63, 3.8) is 0 Å². The van der Waals surface area contributed by atoms with Crippen LogP contribution in [0.1, 0.15) is 43.3 Å². The van der Waals surface area contributed by atoms with Crippen molar-refractivity contribution >= 4 is 5.95 Å². The molecule has 0 N–H and O–H groups in total. The van der Waals surface area contributed by atoms with Crippen molar-refractivity contribution < 1.29 is 4.42 Å². The number of hydrogen-bond donors (Lipinski definition) is 0. The van der Waals surface area contributed by atoms with Gasteiger partial charge in [-0.05, 0) is 56.8 Å². The minimum atomic E-state index is 0.382. The normalized spacial score (nSPS) is 24.3. The lowest BCUT2D eigenvalue weighted by molar-refractivity contribution is 0.0929. The van der Waals surface area contributed by atoms with Gasteiger partial charge in [0.05, 0.1) is 6.54 Å². The molecule has 4 heterocycles. The van der Waals surface area contributed by atoms with E-state index in [-0.39, 0.29) is 0 Å². The maximum atomic E-state index is 5.78. The van der Waals surface area contributed by atoms with Crippen LogP contribution in [0.2, 0.25) is 0 Å². The van der Waals surface area contributed by atoms with Gasteiger partial charge >= 0.3 is 0 Å². The Labute approximate surface area is 150 Å². The Morgan fingerprint density at radius 1 is 1.12 bits per heavy atom. The highest BCUT2D eigenvalue weighted by atomic mass is 16.3. The molecule has 2 fully saturated rings. The van der Waals surface area contributed by atoms with E-state index in [4.69, 9.17) is 4.42 Å². The molecule has 134 valence electrons. The van der Waals surface area contributed by atoms with Crippen LogP contribution < -0.4 is 4.90 Å². The molecular formula is C20H28N4O. The summed E-state index contributed by atoms with van der Waals surface area (Å²) in [5, 5.41) is 0. The van der Waals surface area contributed by atoms with Gasteiger partial charge in [-0.1, -0.05) is 6.92 Å². The van der Waals surface area contributed by atoms with Gasteiger partial charge in [0.15, 0.2) is 0 Å². The lowest BCUT2D eigenvalue weighted by atomic mass is 9.79. The van der Waals surface area contributed by atoms with Gasteiger partial charge in [0.2, 0.25) is 5.95 Å². The van der Waals surface area contributed by atoms with Crippen LogP contribution in [-0.4, -0.2) is 41.0 Å². The largest absolute Gasteiger partial charge is 0.465 e. The van der Waals surface area contributed by atoms with Crippen molar-refractivity contribution in [2.45, 2.75) is 46.1 Å². The first-order valence-electron chi connectivity index (χ1n) is 9.49. The van der Waals surface area contributed by atoms with Crippen LogP contribution in [0.15, 0.2) is 28.9 Å². The summed E-state index contributed by atoms with van der Waals surface area (Å²) in [5.74, 6) is 2.98. The zero-order chi connectivity index (χ0) is 17.3. The third kappa shape index (κ3) is 3.56. The summed E-state index contributed by atoms with van der Waals surface area (Å²) >= 11 is 0. The third-order valence-electron chi connectivity index (χ3n) is 5.74. The summed E-state index contributed by atoms with van der Waals surface area (Å²) in [7, 11) is 0. The molecule has 1 atom stereocenters. The fourth-order valence-corrected chi connectivity index (χ4v) is 4.37. The van der Waals surface area contributed by atoms with E-state index in [1.807, 2.05) is 19.3 Å². The summed E-state index contributed by atoms with van der Waals surface area (Å²) in [5.41, 5.74) is 1.59. The van der Waals surface area contributed by atoms with Gasteiger partial charge in [0.1, 0.15) is 11.5 Å². The topological polar surface area (TPSA) is 45.4 Å². The number of rotatable bonds is 4. The minimum absolute atomic E-state index is 0.382. The quantitative estimate of drug-likeness (QED) is 0.853. The van der Waals surface area contributed by atoms with E-state index in [1.54, 1.807) is 0 Å². The van der Waals surface area contributed by atoms with E-state index < -0.39 is 0 Å². The van der Waals surface area contributed by atoms with Crippen molar-refractivity contribution in [3.05, 3.63) is 41.6 Å². The molecule has 0 saturated carbocycles. The van der Waals surface area contributed by atoms with Crippen LogP contribution in [-0.2, 0) is 13.0 Å². The Bertz CT molecular complexity index is 711. The Morgan fingerprint density at radius 2 is 1.96 bits per heavy atom. The molecule has 1 spiro atoms. The number of piperidine rings is 1. The van der Waals surface area contributed by atoms with Crippen LogP contribution in [0.5, 0.6) is 0 Å². The summed E-state index contributed by atoms with van der Waals surface area (Å²) in [6.07, 6.45) is 8.75. The highest BCUT2D eigenvalue weighted by Gasteiger charge is 2.42. The number of aromatic nitrogens is 2. The molecule has 2 aliphatic rings. The van der Waals surface area contributed by atoms with Crippen molar-refractivity contribution in [1.82, 2.24) is 14.9 Å². The maximum absolute atomic E-state index is 5.78. The molecule has 0 radical (unpaired) electrons. The van der Waals surface area contributed by atoms with E-state index in [2.05, 4.69) is 38.8 Å². The van der Waals surface area contributed by atoms with E-state index in [9.17, 15) is 0 Å². The molecule has 25 heavy (non-hydrogen) atoms. The molecule has 2 saturated heterocycles. The third-order valence-corrected chi connectivity index (χ3v) is 5.74. The Hall–Kier alpha value is -1.88. The van der Waals surface area contributed by atoms with Crippen LogP contribution in [0.3, 0.4) is 0 Å². The SMILES string of the molecule is CCc1cnc(N2CC[C@]3(CCCN(Cc4ccc(C)o4)C3)C2)nc1. The smallest absolute Gasteiger partial charge is 0.225 e. The molecule has 0 amide bonds. The van der Waals surface area contributed by atoms with Crippen LogP contribution in [0, 0.1) is 12.3 Å². The van der Waals surface area contributed by atoms with E-state index in [0.717, 1.165) is 50.1 Å². The standard InChI is InChI=1S/C20H28N4O/c1-3-17-11-21-19(22-12-17)24-10-8-20(15-24)7-4-9-23(14-20)13-18-6-5-16(2)25-18/h5-6,11-12H,3-4,7-10,13-15H2,1-2H3/t20-/m0/s1. The van der Waals surface area contributed by atoms with E-state index in [0.29, 0.717) is 5.41 Å². The van der Waals surface area contributed by atoms with Gasteiger partial charge in [-0.2, -0.15) is 0 Å². The molecule has 5 nitrogen and oxygen atoms in total. The summed E-state index contributed by atoms with van der Waals surface area (Å²) < 4.78 is 5.78. The fraction of sp³-hybridized carbons (Fsp3) is 0.600. The molecule has 5 heteroatoms. The highest BCUT2D eigenvalue weighted by molar-refractivity contribution is 5.33. The highest BCUT2D eigenvalue weighted by Crippen LogP contribution is 2.40. The fourth-order valence-electron chi connectivity index (χ4n) is 4.37. The van der Waals surface area contributed by atoms with Crippen LogP contribution >= 0.6 is 0 Å². The Morgan fingerprint density at radius 3 is 2.68 bits per heavy atom. The average Bonchev–Trinajstić information content (AvgIpc) is 3.22. The molecule has 2 aliphatic heterocycles. The molecule has 4 rings (SSSR count). The zero-order valence-electron chi connectivity index (χ0n) is 15.4. The van der Waals surface area contributed by atoms with Crippen LogP contribution in [0.4, 0.5) is 5.95 Å². The summed E-state index contributed by atoms with van der Waals surface area (Å²) in [4.78, 5) is 14.1. The zero-order valence-corrected chi connectivity index (χ0v) is 15.4. The number of hydrogen-bond acceptors (Lipinski definition) is 5. The lowest BCUT2D eigenvalue weighted by Gasteiger charge is -2.40. The predicted octanol–water partition coefficient (Wildman–Crippen LogP) is 3.43. The van der Waals surface area contributed by atoms with E-state index >= 15 is 0 Å². The number of anilines is 1. The summed E-state index contributed by atoms with van der Waals surface area (Å²) in [6.45, 7) is 9.54. The van der Waals surface area contributed by atoms with Gasteiger partial charge in [-0.15, -0.1) is 0 Å². The molecule has 0 unspecified atom stereocenters. The first-order chi connectivity index (χ1) is 12.2. The van der Waals surface area contributed by atoms with Crippen molar-refractivity contribution in [2.24, 2.45) is 5.41 Å². The average molecular weight is 340 g/mol. The minimum Gasteiger partial charge on any atom is -0.465 e.